The van der Waals surface area contributed by atoms with E-state index < -0.39 is 12.1 Å². The minimum Gasteiger partial charge on any atom is -0.344 e. The van der Waals surface area contributed by atoms with Gasteiger partial charge >= 0.3 is 0 Å². The molecule has 2 N–H and O–H groups in total. The molecule has 0 aromatic rings. The van der Waals surface area contributed by atoms with Crippen LogP contribution in [0, 0.1) is 5.92 Å². The fraction of sp³-hybridized carbons (Fsp3) is 0.579. The van der Waals surface area contributed by atoms with E-state index in [1.54, 1.807) is 24.1 Å². The second-order valence-corrected chi connectivity index (χ2v) is 6.89. The number of amides is 3. The van der Waals surface area contributed by atoms with Crippen LogP contribution in [-0.2, 0) is 14.4 Å². The van der Waals surface area contributed by atoms with E-state index in [0.29, 0.717) is 18.8 Å². The van der Waals surface area contributed by atoms with Crippen molar-refractivity contribution < 1.29 is 14.4 Å². The molecular weight excluding hydrogens is 332 g/mol. The van der Waals surface area contributed by atoms with Gasteiger partial charge in [0.15, 0.2) is 0 Å². The first-order valence-electron chi connectivity index (χ1n) is 8.86. The normalized spacial score (nSPS) is 18.9. The van der Waals surface area contributed by atoms with Crippen LogP contribution in [0.15, 0.2) is 29.3 Å². The average molecular weight is 362 g/mol. The Balaban J connectivity index is 2.88. The Labute approximate surface area is 155 Å². The average Bonchev–Trinajstić information content (AvgIpc) is 3.04. The van der Waals surface area contributed by atoms with Crippen molar-refractivity contribution in [3.8, 4) is 0 Å². The lowest BCUT2D eigenvalue weighted by molar-refractivity contribution is -0.141. The summed E-state index contributed by atoms with van der Waals surface area (Å²) < 4.78 is 0. The number of nitrogens with zero attached hydrogens (tertiary/aromatic N) is 2. The Morgan fingerprint density at radius 2 is 1.88 bits per heavy atom. The molecular formula is C19H30N4O3. The first-order valence-corrected chi connectivity index (χ1v) is 8.86. The van der Waals surface area contributed by atoms with E-state index in [2.05, 4.69) is 22.2 Å². The highest BCUT2D eigenvalue weighted by atomic mass is 16.2. The number of aliphatic imine (C=N–C) groups is 1. The predicted octanol–water partition coefficient (Wildman–Crippen LogP) is 1.41. The number of hydrogen-bond acceptors (Lipinski definition) is 4. The zero-order chi connectivity index (χ0) is 19.9. The maximum Gasteiger partial charge on any atom is 0.248 e. The van der Waals surface area contributed by atoms with Crippen LogP contribution in [0.3, 0.4) is 0 Å². The topological polar surface area (TPSA) is 90.9 Å². The van der Waals surface area contributed by atoms with E-state index in [-0.39, 0.29) is 23.6 Å². The van der Waals surface area contributed by atoms with Crippen LogP contribution in [-0.4, -0.2) is 54.1 Å². The van der Waals surface area contributed by atoms with Crippen LogP contribution in [0.1, 0.15) is 40.5 Å². The van der Waals surface area contributed by atoms with Crippen LogP contribution in [0.5, 0.6) is 0 Å². The SMILES string of the molecule is C=C(C)/C=C\C(=NC)NC(=O)[C@@H]1CCCN1C(=O)[C@@H](NC(C)=O)C(C)C. The molecule has 1 aliphatic rings. The number of nitrogens with one attached hydrogen (secondary N) is 2. The van der Waals surface area contributed by atoms with Gasteiger partial charge in [-0.25, -0.2) is 0 Å². The zero-order valence-electron chi connectivity index (χ0n) is 16.3. The molecule has 7 nitrogen and oxygen atoms in total. The van der Waals surface area contributed by atoms with Crippen LogP contribution < -0.4 is 10.6 Å². The lowest BCUT2D eigenvalue weighted by atomic mass is 10.0. The summed E-state index contributed by atoms with van der Waals surface area (Å²) in [4.78, 5) is 42.6. The van der Waals surface area contributed by atoms with Crippen molar-refractivity contribution >= 4 is 23.6 Å². The lowest BCUT2D eigenvalue weighted by Crippen LogP contribution is -2.55. The molecule has 2 atom stereocenters. The third-order valence-corrected chi connectivity index (χ3v) is 4.15. The quantitative estimate of drug-likeness (QED) is 0.425. The van der Waals surface area contributed by atoms with Gasteiger partial charge in [0.1, 0.15) is 17.9 Å². The molecule has 1 aliphatic heterocycles. The van der Waals surface area contributed by atoms with E-state index in [4.69, 9.17) is 0 Å². The van der Waals surface area contributed by atoms with Gasteiger partial charge in [-0.2, -0.15) is 0 Å². The van der Waals surface area contributed by atoms with Gasteiger partial charge in [0.05, 0.1) is 0 Å². The van der Waals surface area contributed by atoms with Crippen LogP contribution in [0.2, 0.25) is 0 Å². The van der Waals surface area contributed by atoms with Gasteiger partial charge in [-0.1, -0.05) is 32.1 Å². The molecule has 1 heterocycles. The van der Waals surface area contributed by atoms with Crippen LogP contribution >= 0.6 is 0 Å². The van der Waals surface area contributed by atoms with E-state index >= 15 is 0 Å². The molecule has 0 aliphatic carbocycles. The molecule has 0 radical (unpaired) electrons. The number of amidine groups is 1. The molecule has 3 amide bonds. The van der Waals surface area contributed by atoms with Crippen molar-refractivity contribution in [2.75, 3.05) is 13.6 Å². The molecule has 7 heteroatoms. The summed E-state index contributed by atoms with van der Waals surface area (Å²) in [5.41, 5.74) is 0.841. The summed E-state index contributed by atoms with van der Waals surface area (Å²) in [6.07, 6.45) is 4.76. The Hall–Kier alpha value is -2.44. The van der Waals surface area contributed by atoms with Gasteiger partial charge in [-0.15, -0.1) is 0 Å². The number of likely N-dealkylation sites (tertiary alicyclic amines) is 1. The van der Waals surface area contributed by atoms with Crippen molar-refractivity contribution in [2.24, 2.45) is 10.9 Å². The van der Waals surface area contributed by atoms with Crippen LogP contribution in [0.4, 0.5) is 0 Å². The number of hydrogen-bond donors (Lipinski definition) is 2. The molecule has 1 fully saturated rings. The van der Waals surface area contributed by atoms with E-state index in [9.17, 15) is 14.4 Å². The fourth-order valence-corrected chi connectivity index (χ4v) is 2.82. The minimum atomic E-state index is -0.636. The molecule has 0 aromatic heterocycles. The van der Waals surface area contributed by atoms with Crippen molar-refractivity contribution in [1.82, 2.24) is 15.5 Å². The highest BCUT2D eigenvalue weighted by Gasteiger charge is 2.38. The van der Waals surface area contributed by atoms with Gasteiger partial charge in [0, 0.05) is 20.5 Å². The molecule has 0 spiro atoms. The molecule has 1 saturated heterocycles. The lowest BCUT2D eigenvalue weighted by Gasteiger charge is -2.30. The highest BCUT2D eigenvalue weighted by molar-refractivity contribution is 6.06. The Bertz CT molecular complexity index is 622. The standard InChI is InChI=1S/C19H30N4O3/c1-12(2)9-10-16(20-6)22-18(25)15-8-7-11-23(15)19(26)17(13(3)4)21-14(5)24/h9-10,13,15,17H,1,7-8,11H2,2-6H3,(H,21,24)(H,20,22,25)/b10-9-/t15-,17-/m0/s1. The molecule has 26 heavy (non-hydrogen) atoms. The van der Waals surface area contributed by atoms with Gasteiger partial charge in [0.25, 0.3) is 0 Å². The van der Waals surface area contributed by atoms with Crippen LogP contribution in [0.25, 0.3) is 0 Å². The summed E-state index contributed by atoms with van der Waals surface area (Å²) in [5.74, 6) is -0.405. The van der Waals surface area contributed by atoms with Crippen molar-refractivity contribution in [3.63, 3.8) is 0 Å². The summed E-state index contributed by atoms with van der Waals surface area (Å²) in [7, 11) is 1.58. The van der Waals surface area contributed by atoms with E-state index in [1.165, 1.54) is 6.92 Å². The zero-order valence-corrected chi connectivity index (χ0v) is 16.3. The molecule has 0 unspecified atom stereocenters. The van der Waals surface area contributed by atoms with Gasteiger partial charge in [0.2, 0.25) is 17.7 Å². The van der Waals surface area contributed by atoms with E-state index in [1.807, 2.05) is 20.8 Å². The van der Waals surface area contributed by atoms with E-state index in [0.717, 1.165) is 12.0 Å². The summed E-state index contributed by atoms with van der Waals surface area (Å²) in [6, 6.07) is -1.20. The van der Waals surface area contributed by atoms with Gasteiger partial charge < -0.3 is 15.5 Å². The first kappa shape index (κ1) is 21.6. The number of allylic oxidation sites excluding steroid dienone is 2. The Kier molecular flexibility index (Phi) is 8.22. The molecule has 144 valence electrons. The minimum absolute atomic E-state index is 0.0676. The number of rotatable bonds is 6. The Morgan fingerprint density at radius 3 is 2.38 bits per heavy atom. The molecule has 0 bridgehead atoms. The van der Waals surface area contributed by atoms with Crippen molar-refractivity contribution in [1.29, 1.82) is 0 Å². The summed E-state index contributed by atoms with van der Waals surface area (Å²) >= 11 is 0. The summed E-state index contributed by atoms with van der Waals surface area (Å²) in [6.45, 7) is 11.2. The highest BCUT2D eigenvalue weighted by Crippen LogP contribution is 2.20. The molecule has 0 aromatic carbocycles. The van der Waals surface area contributed by atoms with Crippen molar-refractivity contribution in [3.05, 3.63) is 24.3 Å². The smallest absolute Gasteiger partial charge is 0.248 e. The van der Waals surface area contributed by atoms with Crippen molar-refractivity contribution in [2.45, 2.75) is 52.6 Å². The number of carbonyl (C=O) groups excluding carboxylic acids is 3. The fourth-order valence-electron chi connectivity index (χ4n) is 2.82. The second kappa shape index (κ2) is 9.89. The molecule has 1 rings (SSSR count). The van der Waals surface area contributed by atoms with Gasteiger partial charge in [-0.3, -0.25) is 19.4 Å². The largest absolute Gasteiger partial charge is 0.344 e. The molecule has 0 saturated carbocycles. The third kappa shape index (κ3) is 6.13. The maximum atomic E-state index is 12.9. The number of carbonyl (C=O) groups is 3. The summed E-state index contributed by atoms with van der Waals surface area (Å²) in [5, 5.41) is 5.45. The third-order valence-electron chi connectivity index (χ3n) is 4.15. The van der Waals surface area contributed by atoms with Gasteiger partial charge in [-0.05, 0) is 31.8 Å². The second-order valence-electron chi connectivity index (χ2n) is 6.89. The first-order chi connectivity index (χ1) is 12.2. The predicted molar refractivity (Wildman–Crippen MR) is 103 cm³/mol. The maximum absolute atomic E-state index is 12.9. The monoisotopic (exact) mass is 362 g/mol. The Morgan fingerprint density at radius 1 is 1.23 bits per heavy atom.